The van der Waals surface area contributed by atoms with Gasteiger partial charge in [-0.3, -0.25) is 9.59 Å². The largest absolute Gasteiger partial charge is 0.347 e. The number of pyridine rings is 1. The lowest BCUT2D eigenvalue weighted by Gasteiger charge is -2.09. The van der Waals surface area contributed by atoms with Crippen molar-refractivity contribution in [1.82, 2.24) is 19.7 Å². The third-order valence-electron chi connectivity index (χ3n) is 6.22. The molecule has 6 heteroatoms. The maximum atomic E-state index is 13.0. The Balaban J connectivity index is 1.29. The molecule has 33 heavy (non-hydrogen) atoms. The van der Waals surface area contributed by atoms with Crippen LogP contribution in [-0.4, -0.2) is 20.3 Å². The van der Waals surface area contributed by atoms with Gasteiger partial charge in [0.1, 0.15) is 0 Å². The van der Waals surface area contributed by atoms with Gasteiger partial charge in [0.25, 0.3) is 11.5 Å². The minimum Gasteiger partial charge on any atom is -0.347 e. The molecule has 2 aromatic heterocycles. The molecule has 0 unspecified atom stereocenters. The molecule has 2 aromatic carbocycles. The summed E-state index contributed by atoms with van der Waals surface area (Å²) >= 11 is 0. The van der Waals surface area contributed by atoms with Crippen molar-refractivity contribution in [2.24, 2.45) is 0 Å². The van der Waals surface area contributed by atoms with Crippen molar-refractivity contribution in [3.05, 3.63) is 117 Å². The fourth-order valence-corrected chi connectivity index (χ4v) is 4.44. The number of fused-ring (bicyclic) bond motifs is 1. The third-order valence-corrected chi connectivity index (χ3v) is 6.22. The molecule has 5 rings (SSSR count). The van der Waals surface area contributed by atoms with Crippen molar-refractivity contribution in [1.29, 1.82) is 0 Å². The van der Waals surface area contributed by atoms with Crippen LogP contribution in [0.1, 0.15) is 44.9 Å². The number of benzene rings is 2. The van der Waals surface area contributed by atoms with Crippen LogP contribution in [-0.2, 0) is 25.9 Å². The van der Waals surface area contributed by atoms with Crippen LogP contribution in [0.15, 0.2) is 77.7 Å². The predicted molar refractivity (Wildman–Crippen MR) is 128 cm³/mol. The van der Waals surface area contributed by atoms with E-state index < -0.39 is 0 Å². The summed E-state index contributed by atoms with van der Waals surface area (Å²) in [6.45, 7) is 3.02. The van der Waals surface area contributed by atoms with Crippen molar-refractivity contribution in [3.63, 3.8) is 0 Å². The lowest BCUT2D eigenvalue weighted by Crippen LogP contribution is -2.24. The first-order valence-electron chi connectivity index (χ1n) is 11.3. The van der Waals surface area contributed by atoms with Gasteiger partial charge in [0, 0.05) is 30.1 Å². The molecule has 6 nitrogen and oxygen atoms in total. The molecule has 0 aliphatic heterocycles. The van der Waals surface area contributed by atoms with Gasteiger partial charge in [0.2, 0.25) is 0 Å². The number of nitrogens with one attached hydrogen (secondary N) is 1. The highest BCUT2D eigenvalue weighted by atomic mass is 16.2. The second kappa shape index (κ2) is 8.90. The van der Waals surface area contributed by atoms with Gasteiger partial charge < -0.3 is 9.88 Å². The Morgan fingerprint density at radius 3 is 2.52 bits per heavy atom. The van der Waals surface area contributed by atoms with Crippen LogP contribution in [0.2, 0.25) is 0 Å². The molecule has 2 heterocycles. The number of carbonyl (C=O) groups excluding carboxylic acids is 1. The molecule has 0 atom stereocenters. The fraction of sp³-hybridized carbons (Fsp3) is 0.222. The summed E-state index contributed by atoms with van der Waals surface area (Å²) < 4.78 is 3.62. The molecule has 0 saturated heterocycles. The van der Waals surface area contributed by atoms with Crippen molar-refractivity contribution < 1.29 is 4.79 Å². The number of para-hydroxylation sites is 1. The summed E-state index contributed by atoms with van der Waals surface area (Å²) in [5.74, 6) is -0.139. The number of amides is 1. The summed E-state index contributed by atoms with van der Waals surface area (Å²) in [5.41, 5.74) is 6.93. The Bertz CT molecular complexity index is 1370. The average molecular weight is 439 g/mol. The van der Waals surface area contributed by atoms with Gasteiger partial charge in [-0.05, 0) is 55.0 Å². The quantitative estimate of drug-likeness (QED) is 0.498. The van der Waals surface area contributed by atoms with E-state index in [0.717, 1.165) is 52.9 Å². The summed E-state index contributed by atoms with van der Waals surface area (Å²) in [6, 6.07) is 21.2. The molecule has 1 aliphatic rings. The topological polar surface area (TPSA) is 68.9 Å². The summed E-state index contributed by atoms with van der Waals surface area (Å²) in [7, 11) is 0. The van der Waals surface area contributed by atoms with E-state index in [1.165, 1.54) is 0 Å². The number of aryl methyl sites for hydroxylation is 1. The zero-order chi connectivity index (χ0) is 22.8. The highest BCUT2D eigenvalue weighted by Crippen LogP contribution is 2.28. The molecule has 0 spiro atoms. The molecule has 0 saturated carbocycles. The number of carbonyl (C=O) groups is 1. The van der Waals surface area contributed by atoms with E-state index in [4.69, 9.17) is 5.10 Å². The third kappa shape index (κ3) is 4.24. The lowest BCUT2D eigenvalue weighted by atomic mass is 10.1. The van der Waals surface area contributed by atoms with Crippen molar-refractivity contribution in [3.8, 4) is 5.69 Å². The van der Waals surface area contributed by atoms with E-state index in [9.17, 15) is 9.59 Å². The average Bonchev–Trinajstić information content (AvgIpc) is 3.44. The minimum absolute atomic E-state index is 0.0218. The fourth-order valence-electron chi connectivity index (χ4n) is 4.44. The highest BCUT2D eigenvalue weighted by Gasteiger charge is 2.27. The molecular weight excluding hydrogens is 412 g/mol. The van der Waals surface area contributed by atoms with E-state index in [-0.39, 0.29) is 11.5 Å². The molecular formula is C27H26N4O2. The summed E-state index contributed by atoms with van der Waals surface area (Å²) in [6.07, 6.45) is 4.66. The minimum atomic E-state index is -0.139. The Morgan fingerprint density at radius 2 is 1.73 bits per heavy atom. The zero-order valence-corrected chi connectivity index (χ0v) is 18.6. The molecule has 1 N–H and O–H groups in total. The maximum absolute atomic E-state index is 13.0. The Labute approximate surface area is 192 Å². The van der Waals surface area contributed by atoms with Crippen molar-refractivity contribution in [2.45, 2.75) is 39.3 Å². The standard InChI is InChI=1S/C27H26N4O2/c1-19-7-2-3-9-23(19)31-24-10-6-8-22(24)26(29-31)27(33)28-17-20-12-14-21(15-13-20)18-30-16-5-4-11-25(30)32/h2-5,7,9,11-16H,6,8,10,17-18H2,1H3,(H,28,33). The first-order valence-corrected chi connectivity index (χ1v) is 11.3. The second-order valence-corrected chi connectivity index (χ2v) is 8.49. The highest BCUT2D eigenvalue weighted by molar-refractivity contribution is 5.94. The Kier molecular flexibility index (Phi) is 5.65. The van der Waals surface area contributed by atoms with E-state index in [2.05, 4.69) is 18.3 Å². The van der Waals surface area contributed by atoms with Gasteiger partial charge in [0.05, 0.1) is 12.2 Å². The molecule has 0 bridgehead atoms. The Morgan fingerprint density at radius 1 is 0.970 bits per heavy atom. The molecule has 1 amide bonds. The van der Waals surface area contributed by atoms with Gasteiger partial charge in [-0.1, -0.05) is 48.5 Å². The first-order chi connectivity index (χ1) is 16.1. The number of hydrogen-bond acceptors (Lipinski definition) is 3. The van der Waals surface area contributed by atoms with Crippen LogP contribution in [0.25, 0.3) is 5.69 Å². The van der Waals surface area contributed by atoms with Gasteiger partial charge >= 0.3 is 0 Å². The van der Waals surface area contributed by atoms with E-state index in [1.807, 2.05) is 53.2 Å². The van der Waals surface area contributed by atoms with Crippen molar-refractivity contribution in [2.75, 3.05) is 0 Å². The number of nitrogens with zero attached hydrogens (tertiary/aromatic N) is 3. The molecule has 4 aromatic rings. The van der Waals surface area contributed by atoms with Crippen LogP contribution in [0, 0.1) is 6.92 Å². The first kappa shape index (κ1) is 20.9. The smallest absolute Gasteiger partial charge is 0.272 e. The second-order valence-electron chi connectivity index (χ2n) is 8.49. The van der Waals surface area contributed by atoms with Crippen LogP contribution in [0.5, 0.6) is 0 Å². The Hall–Kier alpha value is -3.93. The number of hydrogen-bond donors (Lipinski definition) is 1. The summed E-state index contributed by atoms with van der Waals surface area (Å²) in [4.78, 5) is 24.9. The van der Waals surface area contributed by atoms with Gasteiger partial charge in [-0.2, -0.15) is 5.10 Å². The van der Waals surface area contributed by atoms with Crippen LogP contribution < -0.4 is 10.9 Å². The molecule has 0 radical (unpaired) electrons. The number of aromatic nitrogens is 3. The van der Waals surface area contributed by atoms with E-state index >= 15 is 0 Å². The van der Waals surface area contributed by atoms with Gasteiger partial charge in [-0.15, -0.1) is 0 Å². The molecule has 0 fully saturated rings. The van der Waals surface area contributed by atoms with Crippen LogP contribution in [0.4, 0.5) is 0 Å². The van der Waals surface area contributed by atoms with Gasteiger partial charge in [0.15, 0.2) is 5.69 Å². The SMILES string of the molecule is Cc1ccccc1-n1nc(C(=O)NCc2ccc(Cn3ccccc3=O)cc2)c2c1CCC2. The van der Waals surface area contributed by atoms with Crippen molar-refractivity contribution >= 4 is 5.91 Å². The maximum Gasteiger partial charge on any atom is 0.272 e. The monoisotopic (exact) mass is 438 g/mol. The molecule has 1 aliphatic carbocycles. The van der Waals surface area contributed by atoms with E-state index in [0.29, 0.717) is 18.8 Å². The van der Waals surface area contributed by atoms with E-state index in [1.54, 1.807) is 22.9 Å². The van der Waals surface area contributed by atoms with Crippen LogP contribution >= 0.6 is 0 Å². The van der Waals surface area contributed by atoms with Crippen LogP contribution in [0.3, 0.4) is 0 Å². The lowest BCUT2D eigenvalue weighted by molar-refractivity contribution is 0.0944. The zero-order valence-electron chi connectivity index (χ0n) is 18.6. The number of rotatable bonds is 6. The normalized spacial score (nSPS) is 12.5. The van der Waals surface area contributed by atoms with Gasteiger partial charge in [-0.25, -0.2) is 4.68 Å². The predicted octanol–water partition coefficient (Wildman–Crippen LogP) is 3.81. The summed E-state index contributed by atoms with van der Waals surface area (Å²) in [5, 5.41) is 7.75. The molecule has 166 valence electrons.